The van der Waals surface area contributed by atoms with Gasteiger partial charge in [0.05, 0.1) is 16.7 Å². The molecule has 114 valence electrons. The predicted octanol–water partition coefficient (Wildman–Crippen LogP) is 4.59. The predicted molar refractivity (Wildman–Crippen MR) is 85.4 cm³/mol. The average molecular weight is 315 g/mol. The number of hydrogen-bond acceptors (Lipinski definition) is 6. The summed E-state index contributed by atoms with van der Waals surface area (Å²) in [5.74, 6) is 2.76. The van der Waals surface area contributed by atoms with Gasteiger partial charge in [0.25, 0.3) is 0 Å². The van der Waals surface area contributed by atoms with Gasteiger partial charge in [-0.25, -0.2) is 4.98 Å². The second-order valence-electron chi connectivity index (χ2n) is 5.03. The van der Waals surface area contributed by atoms with Gasteiger partial charge < -0.3 is 8.94 Å². The molecule has 2 heterocycles. The van der Waals surface area contributed by atoms with Crippen LogP contribution in [0.1, 0.15) is 42.0 Å². The summed E-state index contributed by atoms with van der Waals surface area (Å²) in [5, 5.41) is 4.01. The first kappa shape index (κ1) is 14.8. The Morgan fingerprint density at radius 3 is 2.45 bits per heavy atom. The molecule has 3 aromatic rings. The van der Waals surface area contributed by atoms with Crippen molar-refractivity contribution in [1.29, 1.82) is 0 Å². The summed E-state index contributed by atoms with van der Waals surface area (Å²) in [6.07, 6.45) is 1.77. The van der Waals surface area contributed by atoms with E-state index in [2.05, 4.69) is 22.0 Å². The molecule has 0 bridgehead atoms. The minimum absolute atomic E-state index is 0.0864. The summed E-state index contributed by atoms with van der Waals surface area (Å²) in [6, 6.07) is 9.95. The van der Waals surface area contributed by atoms with Crippen LogP contribution in [0.4, 0.5) is 0 Å². The summed E-state index contributed by atoms with van der Waals surface area (Å²) in [6.45, 7) is 5.91. The SMILES string of the molecule is Cc1noc([C@H](C)S[C@H](C)c2ncc(-c3ccccc3)o2)n1. The molecular formula is C16H17N3O2S. The molecule has 2 aromatic heterocycles. The zero-order valence-electron chi connectivity index (χ0n) is 12.7. The minimum Gasteiger partial charge on any atom is -0.440 e. The molecule has 2 atom stereocenters. The van der Waals surface area contributed by atoms with Crippen LogP contribution in [0, 0.1) is 6.92 Å². The van der Waals surface area contributed by atoms with Crippen LogP contribution >= 0.6 is 11.8 Å². The van der Waals surface area contributed by atoms with Crippen molar-refractivity contribution in [3.05, 3.63) is 54.1 Å². The lowest BCUT2D eigenvalue weighted by Gasteiger charge is -2.11. The maximum atomic E-state index is 5.87. The van der Waals surface area contributed by atoms with Gasteiger partial charge in [-0.2, -0.15) is 4.98 Å². The molecule has 0 unspecified atom stereocenters. The van der Waals surface area contributed by atoms with E-state index in [0.29, 0.717) is 17.6 Å². The highest BCUT2D eigenvalue weighted by Crippen LogP contribution is 2.39. The number of aromatic nitrogens is 3. The summed E-state index contributed by atoms with van der Waals surface area (Å²) in [4.78, 5) is 8.65. The Hall–Kier alpha value is -2.08. The Morgan fingerprint density at radius 1 is 1.05 bits per heavy atom. The van der Waals surface area contributed by atoms with Gasteiger partial charge >= 0.3 is 0 Å². The van der Waals surface area contributed by atoms with Gasteiger partial charge in [-0.1, -0.05) is 35.5 Å². The first-order valence-electron chi connectivity index (χ1n) is 7.10. The van der Waals surface area contributed by atoms with Gasteiger partial charge in [0.2, 0.25) is 11.8 Å². The van der Waals surface area contributed by atoms with E-state index >= 15 is 0 Å². The third-order valence-corrected chi connectivity index (χ3v) is 4.45. The van der Waals surface area contributed by atoms with Crippen LogP contribution in [-0.2, 0) is 0 Å². The highest BCUT2D eigenvalue weighted by Gasteiger charge is 2.21. The van der Waals surface area contributed by atoms with Crippen LogP contribution in [0.3, 0.4) is 0 Å². The number of oxazole rings is 1. The third kappa shape index (κ3) is 3.22. The number of thioether (sulfide) groups is 1. The summed E-state index contributed by atoms with van der Waals surface area (Å²) in [5.41, 5.74) is 1.03. The zero-order chi connectivity index (χ0) is 15.5. The molecule has 0 aliphatic rings. The van der Waals surface area contributed by atoms with Crippen molar-refractivity contribution in [3.63, 3.8) is 0 Å². The van der Waals surface area contributed by atoms with Crippen molar-refractivity contribution in [2.45, 2.75) is 31.3 Å². The van der Waals surface area contributed by atoms with E-state index in [1.165, 1.54) is 0 Å². The Morgan fingerprint density at radius 2 is 1.77 bits per heavy atom. The molecule has 0 saturated carbocycles. The molecule has 1 aromatic carbocycles. The van der Waals surface area contributed by atoms with Gasteiger partial charge in [0, 0.05) is 5.56 Å². The highest BCUT2D eigenvalue weighted by molar-refractivity contribution is 7.99. The van der Waals surface area contributed by atoms with Crippen molar-refractivity contribution in [3.8, 4) is 11.3 Å². The lowest BCUT2D eigenvalue weighted by molar-refractivity contribution is 0.376. The molecule has 0 radical (unpaired) electrons. The number of aryl methyl sites for hydroxylation is 1. The fraction of sp³-hybridized carbons (Fsp3) is 0.312. The first-order chi connectivity index (χ1) is 10.6. The number of benzene rings is 1. The van der Waals surface area contributed by atoms with Gasteiger partial charge in [-0.3, -0.25) is 0 Å². The van der Waals surface area contributed by atoms with Gasteiger partial charge in [0.1, 0.15) is 0 Å². The number of rotatable bonds is 5. The monoisotopic (exact) mass is 315 g/mol. The van der Waals surface area contributed by atoms with Crippen LogP contribution in [0.15, 0.2) is 45.5 Å². The molecule has 0 aliphatic heterocycles. The van der Waals surface area contributed by atoms with E-state index in [0.717, 1.165) is 11.3 Å². The van der Waals surface area contributed by atoms with Gasteiger partial charge in [0.15, 0.2) is 11.6 Å². The smallest absolute Gasteiger partial charge is 0.239 e. The largest absolute Gasteiger partial charge is 0.440 e. The molecule has 0 aliphatic carbocycles. The topological polar surface area (TPSA) is 65.0 Å². The lowest BCUT2D eigenvalue weighted by Crippen LogP contribution is -1.95. The summed E-state index contributed by atoms with van der Waals surface area (Å²) >= 11 is 1.68. The molecular weight excluding hydrogens is 298 g/mol. The van der Waals surface area contributed by atoms with E-state index in [4.69, 9.17) is 8.94 Å². The number of hydrogen-bond donors (Lipinski definition) is 0. The summed E-state index contributed by atoms with van der Waals surface area (Å²) in [7, 11) is 0. The normalized spacial score (nSPS) is 14.0. The molecule has 5 nitrogen and oxygen atoms in total. The maximum Gasteiger partial charge on any atom is 0.239 e. The molecule has 0 saturated heterocycles. The van der Waals surface area contributed by atoms with Gasteiger partial charge in [-0.05, 0) is 20.8 Å². The molecule has 3 rings (SSSR count). The Kier molecular flexibility index (Phi) is 4.29. The van der Waals surface area contributed by atoms with Crippen molar-refractivity contribution in [1.82, 2.24) is 15.1 Å². The molecule has 0 fully saturated rings. The van der Waals surface area contributed by atoms with Crippen molar-refractivity contribution < 1.29 is 8.94 Å². The first-order valence-corrected chi connectivity index (χ1v) is 8.04. The maximum absolute atomic E-state index is 5.87. The summed E-state index contributed by atoms with van der Waals surface area (Å²) < 4.78 is 11.1. The molecule has 0 amide bonds. The average Bonchev–Trinajstić information content (AvgIpc) is 3.17. The van der Waals surface area contributed by atoms with E-state index < -0.39 is 0 Å². The molecule has 6 heteroatoms. The van der Waals surface area contributed by atoms with Crippen LogP contribution < -0.4 is 0 Å². The highest BCUT2D eigenvalue weighted by atomic mass is 32.2. The van der Waals surface area contributed by atoms with Gasteiger partial charge in [-0.15, -0.1) is 11.8 Å². The quantitative estimate of drug-likeness (QED) is 0.686. The second kappa shape index (κ2) is 6.36. The van der Waals surface area contributed by atoms with E-state index in [9.17, 15) is 0 Å². The van der Waals surface area contributed by atoms with Crippen LogP contribution in [0.2, 0.25) is 0 Å². The van der Waals surface area contributed by atoms with Crippen molar-refractivity contribution >= 4 is 11.8 Å². The fourth-order valence-electron chi connectivity index (χ4n) is 2.11. The molecule has 0 spiro atoms. The Labute approximate surface area is 133 Å². The molecule has 22 heavy (non-hydrogen) atoms. The Bertz CT molecular complexity index is 739. The Balaban J connectivity index is 1.70. The number of nitrogens with zero attached hydrogens (tertiary/aromatic N) is 3. The van der Waals surface area contributed by atoms with Crippen LogP contribution in [-0.4, -0.2) is 15.1 Å². The van der Waals surface area contributed by atoms with E-state index in [-0.39, 0.29) is 10.5 Å². The third-order valence-electron chi connectivity index (χ3n) is 3.23. The fourth-order valence-corrected chi connectivity index (χ4v) is 3.16. The minimum atomic E-state index is 0.0864. The lowest BCUT2D eigenvalue weighted by atomic mass is 10.2. The van der Waals surface area contributed by atoms with Crippen molar-refractivity contribution in [2.24, 2.45) is 0 Å². The molecule has 0 N–H and O–H groups in total. The zero-order valence-corrected chi connectivity index (χ0v) is 13.5. The van der Waals surface area contributed by atoms with E-state index in [1.54, 1.807) is 18.0 Å². The van der Waals surface area contributed by atoms with Crippen molar-refractivity contribution in [2.75, 3.05) is 0 Å². The standard InChI is InChI=1S/C16H17N3O2S/c1-10(22-11(2)16-18-12(3)19-21-16)15-17-9-14(20-15)13-7-5-4-6-8-13/h4-11H,1-3H3/t10-,11+/m1/s1. The van der Waals surface area contributed by atoms with Crippen LogP contribution in [0.25, 0.3) is 11.3 Å². The second-order valence-corrected chi connectivity index (χ2v) is 6.72. The van der Waals surface area contributed by atoms with E-state index in [1.807, 2.05) is 44.2 Å². The van der Waals surface area contributed by atoms with Crippen LogP contribution in [0.5, 0.6) is 0 Å².